The normalized spacial score (nSPS) is 21.4. The molecule has 0 bridgehead atoms. The van der Waals surface area contributed by atoms with Crippen molar-refractivity contribution in [3.8, 4) is 11.5 Å². The standard InChI is InChI=1S/C22H20F4N4O5S/c1-11(29-5-3-21(23,24)14(9-29)12-2-4-30(33)13(6-12)10-31)19(32)28-20-27-15-7-16-17(8-18(15)36-20)35-22(25,26)34-16/h2,4,6-8,11,14,31H,3,5,9-10H2,1H3,(H,27,28,32)/t11-,14+/m0/s1. The molecule has 2 aliphatic heterocycles. The molecule has 2 atom stereocenters. The monoisotopic (exact) mass is 528 g/mol. The lowest BCUT2D eigenvalue weighted by molar-refractivity contribution is -0.616. The molecule has 2 aromatic heterocycles. The van der Waals surface area contributed by atoms with E-state index < -0.39 is 43.1 Å². The molecule has 192 valence electrons. The Labute approximate surface area is 205 Å². The van der Waals surface area contributed by atoms with Crippen LogP contribution in [0.15, 0.2) is 30.5 Å². The maximum absolute atomic E-state index is 14.8. The number of fused-ring (bicyclic) bond motifs is 2. The molecule has 5 rings (SSSR count). The summed E-state index contributed by atoms with van der Waals surface area (Å²) in [5.74, 6) is -5.14. The Kier molecular flexibility index (Phi) is 5.92. The van der Waals surface area contributed by atoms with E-state index in [4.69, 9.17) is 0 Å². The lowest BCUT2D eigenvalue weighted by Crippen LogP contribution is -2.52. The number of amides is 1. The molecular weight excluding hydrogens is 508 g/mol. The number of alkyl halides is 4. The number of ether oxygens (including phenoxy) is 2. The average molecular weight is 528 g/mol. The molecule has 14 heteroatoms. The van der Waals surface area contributed by atoms with Crippen LogP contribution < -0.4 is 19.5 Å². The molecule has 1 amide bonds. The molecule has 0 spiro atoms. The minimum atomic E-state index is -3.75. The van der Waals surface area contributed by atoms with Gasteiger partial charge in [-0.05, 0) is 12.5 Å². The largest absolute Gasteiger partial charge is 0.618 e. The van der Waals surface area contributed by atoms with E-state index in [-0.39, 0.29) is 41.0 Å². The van der Waals surface area contributed by atoms with E-state index in [0.717, 1.165) is 17.5 Å². The number of nitrogens with zero attached hydrogens (tertiary/aromatic N) is 3. The second kappa shape index (κ2) is 8.71. The van der Waals surface area contributed by atoms with Gasteiger partial charge in [0.05, 0.1) is 22.2 Å². The Bertz CT molecular complexity index is 1290. The van der Waals surface area contributed by atoms with E-state index in [9.17, 15) is 32.7 Å². The molecule has 1 fully saturated rings. The molecule has 0 radical (unpaired) electrons. The summed E-state index contributed by atoms with van der Waals surface area (Å²) in [5, 5.41) is 23.9. The van der Waals surface area contributed by atoms with Crippen LogP contribution in [0, 0.1) is 5.21 Å². The molecule has 0 saturated carbocycles. The highest BCUT2D eigenvalue weighted by Gasteiger charge is 2.47. The van der Waals surface area contributed by atoms with Crippen LogP contribution >= 0.6 is 11.3 Å². The number of piperidine rings is 1. The van der Waals surface area contributed by atoms with Crippen LogP contribution in [0.2, 0.25) is 0 Å². The van der Waals surface area contributed by atoms with Gasteiger partial charge in [0.25, 0.3) is 5.92 Å². The van der Waals surface area contributed by atoms with Crippen molar-refractivity contribution < 1.29 is 41.7 Å². The zero-order valence-electron chi connectivity index (χ0n) is 18.7. The van der Waals surface area contributed by atoms with Gasteiger partial charge in [-0.3, -0.25) is 9.69 Å². The number of pyridine rings is 1. The average Bonchev–Trinajstić information content (AvgIpc) is 3.33. The summed E-state index contributed by atoms with van der Waals surface area (Å²) in [6.07, 6.45) is -3.17. The molecule has 4 heterocycles. The van der Waals surface area contributed by atoms with Gasteiger partial charge in [0.1, 0.15) is 6.61 Å². The van der Waals surface area contributed by atoms with Gasteiger partial charge in [-0.25, -0.2) is 13.8 Å². The first-order valence-electron chi connectivity index (χ1n) is 10.9. The molecule has 2 N–H and O–H groups in total. The zero-order valence-corrected chi connectivity index (χ0v) is 19.5. The Morgan fingerprint density at radius 1 is 1.33 bits per heavy atom. The van der Waals surface area contributed by atoms with Gasteiger partial charge in [0, 0.05) is 43.8 Å². The quantitative estimate of drug-likeness (QED) is 0.297. The summed E-state index contributed by atoms with van der Waals surface area (Å²) in [7, 11) is 0. The number of likely N-dealkylation sites (tertiary alicyclic amines) is 1. The molecular formula is C22H20F4N4O5S. The van der Waals surface area contributed by atoms with Crippen LogP contribution in [0.25, 0.3) is 10.2 Å². The minimum Gasteiger partial charge on any atom is -0.618 e. The highest BCUT2D eigenvalue weighted by Crippen LogP contribution is 2.45. The first-order chi connectivity index (χ1) is 17.0. The van der Waals surface area contributed by atoms with Crippen LogP contribution in [0.5, 0.6) is 11.5 Å². The summed E-state index contributed by atoms with van der Waals surface area (Å²) in [6, 6.07) is 4.37. The Morgan fingerprint density at radius 3 is 2.78 bits per heavy atom. The topological polar surface area (TPSA) is 111 Å². The van der Waals surface area contributed by atoms with Crippen molar-refractivity contribution in [1.82, 2.24) is 9.88 Å². The van der Waals surface area contributed by atoms with E-state index >= 15 is 0 Å². The number of anilines is 1. The third-order valence-electron chi connectivity index (χ3n) is 6.31. The van der Waals surface area contributed by atoms with Crippen molar-refractivity contribution in [2.24, 2.45) is 0 Å². The summed E-state index contributed by atoms with van der Waals surface area (Å²) >= 11 is 1.04. The van der Waals surface area contributed by atoms with Gasteiger partial charge < -0.3 is 25.1 Å². The summed E-state index contributed by atoms with van der Waals surface area (Å²) in [5.41, 5.74) is 0.468. The van der Waals surface area contributed by atoms with Gasteiger partial charge in [0.2, 0.25) is 11.6 Å². The number of carbonyl (C=O) groups is 1. The smallest absolute Gasteiger partial charge is 0.586 e. The van der Waals surface area contributed by atoms with Gasteiger partial charge in [-0.2, -0.15) is 4.73 Å². The van der Waals surface area contributed by atoms with Crippen LogP contribution in [0.3, 0.4) is 0 Å². The molecule has 3 aromatic rings. The van der Waals surface area contributed by atoms with Crippen molar-refractivity contribution in [3.05, 3.63) is 46.9 Å². The van der Waals surface area contributed by atoms with Crippen LogP contribution in [-0.4, -0.2) is 52.2 Å². The van der Waals surface area contributed by atoms with Crippen molar-refractivity contribution in [3.63, 3.8) is 0 Å². The summed E-state index contributed by atoms with van der Waals surface area (Å²) in [6.45, 7) is 0.806. The van der Waals surface area contributed by atoms with Crippen LogP contribution in [0.4, 0.5) is 22.7 Å². The summed E-state index contributed by atoms with van der Waals surface area (Å²) in [4.78, 5) is 18.8. The number of carbonyl (C=O) groups excluding carboxylic acids is 1. The van der Waals surface area contributed by atoms with Gasteiger partial charge in [-0.1, -0.05) is 11.3 Å². The van der Waals surface area contributed by atoms with Gasteiger partial charge in [-0.15, -0.1) is 8.78 Å². The van der Waals surface area contributed by atoms with E-state index in [2.05, 4.69) is 19.8 Å². The molecule has 0 unspecified atom stereocenters. The first kappa shape index (κ1) is 24.5. The number of rotatable bonds is 5. The Morgan fingerprint density at radius 2 is 2.06 bits per heavy atom. The van der Waals surface area contributed by atoms with Crippen LogP contribution in [-0.2, 0) is 11.4 Å². The third kappa shape index (κ3) is 4.51. The second-order valence-electron chi connectivity index (χ2n) is 8.61. The number of hydrogen-bond donors (Lipinski definition) is 2. The number of thiazole rings is 1. The van der Waals surface area contributed by atoms with E-state index in [0.29, 0.717) is 14.9 Å². The fourth-order valence-corrected chi connectivity index (χ4v) is 5.19. The number of aromatic nitrogens is 2. The number of nitrogens with one attached hydrogen (secondary N) is 1. The molecule has 0 aliphatic carbocycles. The Hall–Kier alpha value is -3.23. The summed E-state index contributed by atoms with van der Waals surface area (Å²) < 4.78 is 65.8. The minimum absolute atomic E-state index is 0.0329. The van der Waals surface area contributed by atoms with Gasteiger partial charge >= 0.3 is 6.29 Å². The fraction of sp³-hybridized carbons (Fsp3) is 0.409. The van der Waals surface area contributed by atoms with Gasteiger partial charge in [0.15, 0.2) is 22.8 Å². The number of benzene rings is 1. The zero-order chi connectivity index (χ0) is 25.8. The number of halogens is 4. The van der Waals surface area contributed by atoms with Crippen LogP contribution in [0.1, 0.15) is 30.5 Å². The number of aliphatic hydroxyl groups is 1. The predicted octanol–water partition coefficient (Wildman–Crippen LogP) is 3.20. The molecule has 9 nitrogen and oxygen atoms in total. The van der Waals surface area contributed by atoms with Crippen molar-refractivity contribution in [1.29, 1.82) is 0 Å². The first-order valence-corrected chi connectivity index (χ1v) is 11.7. The molecule has 2 aliphatic rings. The predicted molar refractivity (Wildman–Crippen MR) is 119 cm³/mol. The molecule has 36 heavy (non-hydrogen) atoms. The maximum Gasteiger partial charge on any atom is 0.586 e. The lowest BCUT2D eigenvalue weighted by atomic mass is 9.86. The highest BCUT2D eigenvalue weighted by molar-refractivity contribution is 7.22. The lowest BCUT2D eigenvalue weighted by Gasteiger charge is -2.40. The van der Waals surface area contributed by atoms with E-state index in [1.165, 1.54) is 24.3 Å². The van der Waals surface area contributed by atoms with Crippen molar-refractivity contribution in [2.75, 3.05) is 18.4 Å². The fourth-order valence-electron chi connectivity index (χ4n) is 4.31. The second-order valence-corrected chi connectivity index (χ2v) is 9.64. The van der Waals surface area contributed by atoms with E-state index in [1.54, 1.807) is 11.8 Å². The molecule has 1 aromatic carbocycles. The molecule has 1 saturated heterocycles. The van der Waals surface area contributed by atoms with Crippen molar-refractivity contribution >= 4 is 32.6 Å². The van der Waals surface area contributed by atoms with E-state index in [1.807, 2.05) is 0 Å². The maximum atomic E-state index is 14.8. The third-order valence-corrected chi connectivity index (χ3v) is 7.24. The SMILES string of the molecule is C[C@@H](C(=O)Nc1nc2cc3c(cc2s1)OC(F)(F)O3)N1CCC(F)(F)[C@@H](c2cc[n+]([O-])c(CO)c2)C1. The number of hydrogen-bond acceptors (Lipinski definition) is 8. The highest BCUT2D eigenvalue weighted by atomic mass is 32.1. The number of aliphatic hydroxyl groups excluding tert-OH is 1. The van der Waals surface area contributed by atoms with Crippen molar-refractivity contribution in [2.45, 2.75) is 44.1 Å². The Balaban J connectivity index is 1.30.